The highest BCUT2D eigenvalue weighted by Crippen LogP contribution is 2.30. The first-order valence-corrected chi connectivity index (χ1v) is 5.45. The maximum absolute atomic E-state index is 6.04. The zero-order valence-electron chi connectivity index (χ0n) is 9.11. The number of H-pyrrole nitrogens is 1. The third-order valence-corrected chi connectivity index (χ3v) is 2.92. The summed E-state index contributed by atoms with van der Waals surface area (Å²) in [6.45, 7) is 0. The molecule has 0 saturated carbocycles. The molecule has 3 N–H and O–H groups in total. The monoisotopic (exact) mass is 247 g/mol. The lowest BCUT2D eigenvalue weighted by molar-refractivity contribution is 0.768. The Balaban J connectivity index is 2.25. The van der Waals surface area contributed by atoms with Crippen LogP contribution in [0.2, 0.25) is 5.15 Å². The number of hydrogen-bond donors (Lipinski definition) is 2. The lowest BCUT2D eigenvalue weighted by Gasteiger charge is -1.91. The fourth-order valence-electron chi connectivity index (χ4n) is 1.83. The van der Waals surface area contributed by atoms with Crippen molar-refractivity contribution in [3.63, 3.8) is 0 Å². The highest BCUT2D eigenvalue weighted by molar-refractivity contribution is 6.32. The number of hydrogen-bond acceptors (Lipinski definition) is 3. The number of pyridine rings is 1. The van der Waals surface area contributed by atoms with Crippen molar-refractivity contribution in [1.82, 2.24) is 19.7 Å². The van der Waals surface area contributed by atoms with Crippen molar-refractivity contribution >= 4 is 28.3 Å². The van der Waals surface area contributed by atoms with E-state index in [1.54, 1.807) is 16.9 Å². The zero-order valence-corrected chi connectivity index (χ0v) is 9.86. The largest absolute Gasteiger partial charge is 0.398 e. The molecule has 3 aromatic rings. The molecule has 0 unspecified atom stereocenters. The van der Waals surface area contributed by atoms with E-state index in [2.05, 4.69) is 15.1 Å². The number of nitrogens with two attached hydrogens (primary N) is 1. The third kappa shape index (κ3) is 1.55. The number of nitrogens with one attached hydrogen (secondary N) is 1. The minimum absolute atomic E-state index is 0.456. The Bertz CT molecular complexity index is 697. The molecule has 0 bridgehead atoms. The van der Waals surface area contributed by atoms with E-state index in [9.17, 15) is 0 Å². The third-order valence-electron chi connectivity index (χ3n) is 2.64. The summed E-state index contributed by atoms with van der Waals surface area (Å²) in [4.78, 5) is 7.40. The molecule has 17 heavy (non-hydrogen) atoms. The molecule has 0 atom stereocenters. The topological polar surface area (TPSA) is 72.5 Å². The van der Waals surface area contributed by atoms with Crippen LogP contribution < -0.4 is 5.73 Å². The average molecular weight is 248 g/mol. The normalized spacial score (nSPS) is 11.2. The van der Waals surface area contributed by atoms with Gasteiger partial charge in [-0.05, 0) is 12.1 Å². The van der Waals surface area contributed by atoms with Gasteiger partial charge in [-0.3, -0.25) is 4.68 Å². The summed E-state index contributed by atoms with van der Waals surface area (Å²) in [5.41, 5.74) is 9.02. The Morgan fingerprint density at radius 2 is 2.29 bits per heavy atom. The molecule has 0 spiro atoms. The van der Waals surface area contributed by atoms with E-state index >= 15 is 0 Å². The van der Waals surface area contributed by atoms with Gasteiger partial charge in [0.1, 0.15) is 5.65 Å². The fraction of sp³-hybridized carbons (Fsp3) is 0.0909. The van der Waals surface area contributed by atoms with E-state index < -0.39 is 0 Å². The van der Waals surface area contributed by atoms with Crippen molar-refractivity contribution in [1.29, 1.82) is 0 Å². The van der Waals surface area contributed by atoms with Gasteiger partial charge in [-0.1, -0.05) is 11.6 Å². The van der Waals surface area contributed by atoms with Gasteiger partial charge in [0.2, 0.25) is 0 Å². The maximum Gasteiger partial charge on any atom is 0.160 e. The molecular formula is C11H10ClN5. The zero-order chi connectivity index (χ0) is 12.0. The molecule has 0 saturated heterocycles. The Hall–Kier alpha value is -2.01. The Kier molecular flexibility index (Phi) is 2.09. The first kappa shape index (κ1) is 10.2. The molecule has 0 amide bonds. The summed E-state index contributed by atoms with van der Waals surface area (Å²) < 4.78 is 1.67. The molecular weight excluding hydrogens is 238 g/mol. The van der Waals surface area contributed by atoms with E-state index in [4.69, 9.17) is 17.3 Å². The van der Waals surface area contributed by atoms with E-state index in [-0.39, 0.29) is 0 Å². The van der Waals surface area contributed by atoms with Crippen LogP contribution in [-0.2, 0) is 7.05 Å². The summed E-state index contributed by atoms with van der Waals surface area (Å²) >= 11 is 6.04. The fourth-order valence-corrected chi connectivity index (χ4v) is 2.10. The summed E-state index contributed by atoms with van der Waals surface area (Å²) in [5, 5.41) is 5.44. The number of aromatic nitrogens is 4. The first-order chi connectivity index (χ1) is 8.15. The van der Waals surface area contributed by atoms with Crippen LogP contribution in [0.4, 0.5) is 5.69 Å². The van der Waals surface area contributed by atoms with Gasteiger partial charge in [0.25, 0.3) is 0 Å². The number of nitrogen functional groups attached to an aromatic ring is 1. The highest BCUT2D eigenvalue weighted by Gasteiger charge is 2.11. The van der Waals surface area contributed by atoms with Crippen LogP contribution in [0.5, 0.6) is 0 Å². The standard InChI is InChI=1S/C11H10ClN5/c1-17-5-7(10(12)16-17)9-4-6-8(13)2-3-14-11(6)15-9/h2-5H,1H3,(H3,13,14,15). The number of halogens is 1. The van der Waals surface area contributed by atoms with Gasteiger partial charge in [-0.25, -0.2) is 4.98 Å². The number of aromatic amines is 1. The number of anilines is 1. The summed E-state index contributed by atoms with van der Waals surface area (Å²) in [6, 6.07) is 3.70. The molecule has 5 nitrogen and oxygen atoms in total. The molecule has 3 rings (SSSR count). The van der Waals surface area contributed by atoms with Crippen LogP contribution in [0.25, 0.3) is 22.3 Å². The summed E-state index contributed by atoms with van der Waals surface area (Å²) in [6.07, 6.45) is 3.52. The van der Waals surface area contributed by atoms with Crippen molar-refractivity contribution in [2.75, 3.05) is 5.73 Å². The number of nitrogens with zero attached hydrogens (tertiary/aromatic N) is 3. The van der Waals surface area contributed by atoms with E-state index in [1.807, 2.05) is 19.3 Å². The van der Waals surface area contributed by atoms with Gasteiger partial charge in [0.05, 0.1) is 11.3 Å². The predicted octanol–water partition coefficient (Wildman–Crippen LogP) is 2.20. The van der Waals surface area contributed by atoms with Gasteiger partial charge in [0, 0.05) is 30.5 Å². The number of aryl methyl sites for hydroxylation is 1. The first-order valence-electron chi connectivity index (χ1n) is 5.08. The Morgan fingerprint density at radius 1 is 1.47 bits per heavy atom. The lowest BCUT2D eigenvalue weighted by Crippen LogP contribution is -1.85. The quantitative estimate of drug-likeness (QED) is 0.692. The van der Waals surface area contributed by atoms with Crippen LogP contribution in [-0.4, -0.2) is 19.7 Å². The second kappa shape index (κ2) is 3.49. The summed E-state index contributed by atoms with van der Waals surface area (Å²) in [7, 11) is 1.82. The van der Waals surface area contributed by atoms with Gasteiger partial charge in [0.15, 0.2) is 5.15 Å². The molecule has 0 radical (unpaired) electrons. The van der Waals surface area contributed by atoms with Crippen molar-refractivity contribution in [2.24, 2.45) is 7.05 Å². The Labute approximate surface area is 102 Å². The number of fused-ring (bicyclic) bond motifs is 1. The highest BCUT2D eigenvalue weighted by atomic mass is 35.5. The van der Waals surface area contributed by atoms with Gasteiger partial charge in [-0.2, -0.15) is 5.10 Å². The van der Waals surface area contributed by atoms with Gasteiger partial charge in [-0.15, -0.1) is 0 Å². The van der Waals surface area contributed by atoms with Gasteiger partial charge < -0.3 is 10.7 Å². The smallest absolute Gasteiger partial charge is 0.160 e. The lowest BCUT2D eigenvalue weighted by atomic mass is 10.2. The van der Waals surface area contributed by atoms with E-state index in [0.29, 0.717) is 10.8 Å². The molecule has 86 valence electrons. The van der Waals surface area contributed by atoms with Crippen molar-refractivity contribution in [2.45, 2.75) is 0 Å². The van der Waals surface area contributed by atoms with Crippen LogP contribution in [0.15, 0.2) is 24.5 Å². The number of rotatable bonds is 1. The minimum Gasteiger partial charge on any atom is -0.398 e. The second-order valence-electron chi connectivity index (χ2n) is 3.85. The van der Waals surface area contributed by atoms with Gasteiger partial charge >= 0.3 is 0 Å². The molecule has 3 heterocycles. The molecule has 0 aliphatic rings. The molecule has 3 aromatic heterocycles. The predicted molar refractivity (Wildman–Crippen MR) is 67.7 cm³/mol. The van der Waals surface area contributed by atoms with Crippen molar-refractivity contribution < 1.29 is 0 Å². The van der Waals surface area contributed by atoms with Crippen LogP contribution in [0, 0.1) is 0 Å². The molecule has 0 aliphatic carbocycles. The van der Waals surface area contributed by atoms with Crippen molar-refractivity contribution in [3.8, 4) is 11.3 Å². The van der Waals surface area contributed by atoms with Crippen LogP contribution >= 0.6 is 11.6 Å². The second-order valence-corrected chi connectivity index (χ2v) is 4.21. The SMILES string of the molecule is Cn1cc(-c2cc3c(N)ccnc3[nH]2)c(Cl)n1. The maximum atomic E-state index is 6.04. The van der Waals surface area contributed by atoms with Crippen LogP contribution in [0.1, 0.15) is 0 Å². The summed E-state index contributed by atoms with van der Waals surface area (Å²) in [5.74, 6) is 0. The minimum atomic E-state index is 0.456. The Morgan fingerprint density at radius 3 is 2.94 bits per heavy atom. The molecule has 0 aliphatic heterocycles. The van der Waals surface area contributed by atoms with Crippen molar-refractivity contribution in [3.05, 3.63) is 29.7 Å². The molecule has 0 fully saturated rings. The molecule has 0 aromatic carbocycles. The van der Waals surface area contributed by atoms with Crippen LogP contribution in [0.3, 0.4) is 0 Å². The molecule has 6 heteroatoms. The average Bonchev–Trinajstić information content (AvgIpc) is 2.82. The van der Waals surface area contributed by atoms with E-state index in [1.165, 1.54) is 0 Å². The van der Waals surface area contributed by atoms with E-state index in [0.717, 1.165) is 22.3 Å².